The summed E-state index contributed by atoms with van der Waals surface area (Å²) in [7, 11) is 0. The monoisotopic (exact) mass is 866 g/mol. The van der Waals surface area contributed by atoms with Crippen molar-refractivity contribution >= 4 is 71.6 Å². The average Bonchev–Trinajstić information content (AvgIpc) is 4.06. The molecule has 0 aliphatic heterocycles. The zero-order valence-electron chi connectivity index (χ0n) is 37.1. The van der Waals surface area contributed by atoms with Crippen molar-refractivity contribution in [1.29, 1.82) is 0 Å². The molecule has 11 aromatic carbocycles. The van der Waals surface area contributed by atoms with Crippen LogP contribution in [0.5, 0.6) is 0 Å². The van der Waals surface area contributed by atoms with Gasteiger partial charge in [0.15, 0.2) is 0 Å². The second kappa shape index (κ2) is 15.1. The van der Waals surface area contributed by atoms with Crippen LogP contribution in [0.3, 0.4) is 0 Å². The lowest BCUT2D eigenvalue weighted by Gasteiger charge is -2.34. The standard InChI is InChI=1S/C65H42N2O/c1-4-17-46(18-5-1)65(47-19-6-2-7-20-47)57-26-13-10-25-55(57)63-58(65)27-16-29-61(63)66(50-37-39-51-45(41-50)33-38-54-53-24-12-15-30-62(53)68-64(51)54)49-35-31-43(32-36-49)44-34-40-60-56(42-44)52-23-11-14-28-59(52)67(60)48-21-8-3-9-22-48/h1-42H. The van der Waals surface area contributed by atoms with Gasteiger partial charge in [-0.1, -0.05) is 176 Å². The summed E-state index contributed by atoms with van der Waals surface area (Å²) in [5.74, 6) is 0. The Labute approximate surface area is 394 Å². The van der Waals surface area contributed by atoms with E-state index in [4.69, 9.17) is 4.42 Å². The van der Waals surface area contributed by atoms with Gasteiger partial charge in [0.2, 0.25) is 0 Å². The third-order valence-corrected chi connectivity index (χ3v) is 14.4. The highest BCUT2D eigenvalue weighted by Gasteiger charge is 2.47. The van der Waals surface area contributed by atoms with E-state index < -0.39 is 5.41 Å². The van der Waals surface area contributed by atoms with Gasteiger partial charge >= 0.3 is 0 Å². The fraction of sp³-hybridized carbons (Fsp3) is 0.0154. The highest BCUT2D eigenvalue weighted by molar-refractivity contribution is 6.16. The lowest BCUT2D eigenvalue weighted by molar-refractivity contribution is 0.672. The molecule has 2 aromatic heterocycles. The molecule has 1 aliphatic carbocycles. The fourth-order valence-electron chi connectivity index (χ4n) is 11.5. The Morgan fingerprint density at radius 2 is 1.00 bits per heavy atom. The van der Waals surface area contributed by atoms with Crippen LogP contribution in [0.4, 0.5) is 17.1 Å². The van der Waals surface area contributed by atoms with Crippen molar-refractivity contribution < 1.29 is 4.42 Å². The molecule has 0 fully saturated rings. The van der Waals surface area contributed by atoms with E-state index in [1.165, 1.54) is 60.8 Å². The third-order valence-electron chi connectivity index (χ3n) is 14.4. The van der Waals surface area contributed by atoms with Crippen LogP contribution in [-0.4, -0.2) is 4.57 Å². The second-order valence-corrected chi connectivity index (χ2v) is 18.0. The van der Waals surface area contributed by atoms with Crippen molar-refractivity contribution in [2.45, 2.75) is 5.41 Å². The van der Waals surface area contributed by atoms with Gasteiger partial charge in [-0.25, -0.2) is 0 Å². The summed E-state index contributed by atoms with van der Waals surface area (Å²) >= 11 is 0. The van der Waals surface area contributed by atoms with Crippen molar-refractivity contribution in [2.24, 2.45) is 0 Å². The van der Waals surface area contributed by atoms with Gasteiger partial charge in [-0.15, -0.1) is 0 Å². The zero-order chi connectivity index (χ0) is 44.8. The van der Waals surface area contributed by atoms with Crippen molar-refractivity contribution in [3.05, 3.63) is 277 Å². The van der Waals surface area contributed by atoms with Crippen LogP contribution in [0.2, 0.25) is 0 Å². The molecule has 0 saturated carbocycles. The summed E-state index contributed by atoms with van der Waals surface area (Å²) in [4.78, 5) is 2.46. The number of benzene rings is 11. The van der Waals surface area contributed by atoms with Gasteiger partial charge in [-0.05, 0) is 123 Å². The van der Waals surface area contributed by atoms with Crippen LogP contribution >= 0.6 is 0 Å². The van der Waals surface area contributed by atoms with Crippen molar-refractivity contribution in [3.63, 3.8) is 0 Å². The predicted octanol–water partition coefficient (Wildman–Crippen LogP) is 17.3. The molecule has 14 rings (SSSR count). The van der Waals surface area contributed by atoms with Gasteiger partial charge in [-0.2, -0.15) is 0 Å². The first-order valence-corrected chi connectivity index (χ1v) is 23.4. The molecule has 0 amide bonds. The van der Waals surface area contributed by atoms with Crippen LogP contribution in [0.1, 0.15) is 22.3 Å². The third kappa shape index (κ3) is 5.60. The Balaban J connectivity index is 0.975. The Morgan fingerprint density at radius 3 is 1.79 bits per heavy atom. The van der Waals surface area contributed by atoms with Gasteiger partial charge in [0.25, 0.3) is 0 Å². The van der Waals surface area contributed by atoms with Gasteiger partial charge < -0.3 is 13.9 Å². The molecular weight excluding hydrogens is 825 g/mol. The molecule has 0 bridgehead atoms. The number of fused-ring (bicyclic) bond motifs is 11. The Kier molecular flexibility index (Phi) is 8.50. The number of hydrogen-bond acceptors (Lipinski definition) is 2. The van der Waals surface area contributed by atoms with E-state index >= 15 is 0 Å². The maximum Gasteiger partial charge on any atom is 0.143 e. The minimum Gasteiger partial charge on any atom is -0.455 e. The van der Waals surface area contributed by atoms with E-state index in [1.807, 2.05) is 6.07 Å². The van der Waals surface area contributed by atoms with Gasteiger partial charge in [0, 0.05) is 49.6 Å². The van der Waals surface area contributed by atoms with Gasteiger partial charge in [0.1, 0.15) is 11.2 Å². The Hall–Kier alpha value is -8.92. The van der Waals surface area contributed by atoms with E-state index in [2.05, 4.69) is 258 Å². The van der Waals surface area contributed by atoms with E-state index in [0.717, 1.165) is 61.0 Å². The molecule has 0 atom stereocenters. The molecule has 0 spiro atoms. The van der Waals surface area contributed by atoms with Gasteiger partial charge in [-0.3, -0.25) is 0 Å². The van der Waals surface area contributed by atoms with Crippen LogP contribution in [0, 0.1) is 0 Å². The molecule has 0 saturated heterocycles. The van der Waals surface area contributed by atoms with Crippen molar-refractivity contribution in [2.75, 3.05) is 4.90 Å². The number of hydrogen-bond donors (Lipinski definition) is 0. The lowest BCUT2D eigenvalue weighted by Crippen LogP contribution is -2.28. The summed E-state index contributed by atoms with van der Waals surface area (Å²) in [6, 6.07) is 93.1. The maximum atomic E-state index is 6.56. The normalized spacial score (nSPS) is 12.8. The molecule has 13 aromatic rings. The lowest BCUT2D eigenvalue weighted by atomic mass is 9.68. The first-order valence-electron chi connectivity index (χ1n) is 23.4. The number of anilines is 3. The average molecular weight is 867 g/mol. The highest BCUT2D eigenvalue weighted by atomic mass is 16.3. The molecule has 3 heteroatoms. The summed E-state index contributed by atoms with van der Waals surface area (Å²) in [5, 5.41) is 6.96. The minimum absolute atomic E-state index is 0.529. The number of para-hydroxylation sites is 3. The van der Waals surface area contributed by atoms with E-state index in [9.17, 15) is 0 Å². The highest BCUT2D eigenvalue weighted by Crippen LogP contribution is 2.59. The molecule has 2 heterocycles. The van der Waals surface area contributed by atoms with Crippen LogP contribution in [0.25, 0.3) is 82.5 Å². The fourth-order valence-corrected chi connectivity index (χ4v) is 11.5. The molecule has 0 N–H and O–H groups in total. The topological polar surface area (TPSA) is 21.3 Å². The first-order chi connectivity index (χ1) is 33.7. The van der Waals surface area contributed by atoms with E-state index in [1.54, 1.807) is 0 Å². The van der Waals surface area contributed by atoms with E-state index in [0.29, 0.717) is 0 Å². The minimum atomic E-state index is -0.529. The number of nitrogens with zero attached hydrogens (tertiary/aromatic N) is 2. The largest absolute Gasteiger partial charge is 0.455 e. The summed E-state index contributed by atoms with van der Waals surface area (Å²) in [6.07, 6.45) is 0. The summed E-state index contributed by atoms with van der Waals surface area (Å²) in [6.45, 7) is 0. The number of aromatic nitrogens is 1. The molecule has 3 nitrogen and oxygen atoms in total. The molecule has 318 valence electrons. The predicted molar refractivity (Wildman–Crippen MR) is 283 cm³/mol. The zero-order valence-corrected chi connectivity index (χ0v) is 37.1. The molecule has 68 heavy (non-hydrogen) atoms. The quantitative estimate of drug-likeness (QED) is 0.159. The smallest absolute Gasteiger partial charge is 0.143 e. The molecule has 0 radical (unpaired) electrons. The van der Waals surface area contributed by atoms with Crippen LogP contribution in [-0.2, 0) is 5.41 Å². The van der Waals surface area contributed by atoms with E-state index in [-0.39, 0.29) is 0 Å². The second-order valence-electron chi connectivity index (χ2n) is 18.0. The maximum absolute atomic E-state index is 6.56. The number of furan rings is 1. The van der Waals surface area contributed by atoms with Crippen molar-refractivity contribution in [3.8, 4) is 27.9 Å². The molecule has 1 aliphatic rings. The van der Waals surface area contributed by atoms with Crippen LogP contribution in [0.15, 0.2) is 259 Å². The van der Waals surface area contributed by atoms with Gasteiger partial charge in [0.05, 0.1) is 22.1 Å². The summed E-state index contributed by atoms with van der Waals surface area (Å²) < 4.78 is 8.93. The SMILES string of the molecule is c1ccc(-n2c3ccccc3c3cc(-c4ccc(N(c5ccc6c(ccc7c8ccccc8oc67)c5)c5cccc6c5-c5ccccc5C6(c5ccccc5)c5ccccc5)cc4)ccc32)cc1. The molecular formula is C65H42N2O. The first kappa shape index (κ1) is 38.4. The van der Waals surface area contributed by atoms with Crippen LogP contribution < -0.4 is 4.90 Å². The Morgan fingerprint density at radius 1 is 0.382 bits per heavy atom. The van der Waals surface area contributed by atoms with Crippen molar-refractivity contribution in [1.82, 2.24) is 4.57 Å². The molecule has 0 unspecified atom stereocenters. The number of rotatable bonds is 7. The Bertz CT molecular complexity index is 4030. The summed E-state index contributed by atoms with van der Waals surface area (Å²) in [5.41, 5.74) is 18.0.